The first-order chi connectivity index (χ1) is 19.2. The van der Waals surface area contributed by atoms with Crippen molar-refractivity contribution in [1.29, 1.82) is 0 Å². The first kappa shape index (κ1) is 23.3. The third-order valence-electron chi connectivity index (χ3n) is 7.00. The molecule has 0 spiro atoms. The Kier molecular flexibility index (Phi) is 5.84. The molecule has 0 saturated carbocycles. The van der Waals surface area contributed by atoms with Crippen LogP contribution in [0.25, 0.3) is 66.8 Å². The topological polar surface area (TPSA) is 38.7 Å². The van der Waals surface area contributed by atoms with Crippen LogP contribution in [0.4, 0.5) is 0 Å². The molecular formula is C35H22ClN3. The highest BCUT2D eigenvalue weighted by Gasteiger charge is 2.16. The van der Waals surface area contributed by atoms with E-state index in [0.29, 0.717) is 22.5 Å². The van der Waals surface area contributed by atoms with Crippen molar-refractivity contribution in [1.82, 2.24) is 15.0 Å². The van der Waals surface area contributed by atoms with Gasteiger partial charge in [0, 0.05) is 21.7 Å². The first-order valence-corrected chi connectivity index (χ1v) is 13.2. The summed E-state index contributed by atoms with van der Waals surface area (Å²) in [5.41, 5.74) is 4.96. The summed E-state index contributed by atoms with van der Waals surface area (Å²) in [7, 11) is 0. The number of nitrogens with zero attached hydrogens (tertiary/aromatic N) is 3. The van der Waals surface area contributed by atoms with Gasteiger partial charge >= 0.3 is 0 Å². The standard InChI is InChI=1S/C35H22ClN3/c36-28-20-18-26(19-21-28)33-37-34(27-17-16-25-15-14-24-10-4-5-12-30(24)32(25)22-27)39-35(38-33)31-13-7-6-11-29(31)23-8-2-1-3-9-23/h1-22H. The molecule has 0 aliphatic heterocycles. The zero-order chi connectivity index (χ0) is 26.2. The summed E-state index contributed by atoms with van der Waals surface area (Å²) in [6.45, 7) is 0. The number of hydrogen-bond donors (Lipinski definition) is 0. The molecule has 1 aromatic heterocycles. The van der Waals surface area contributed by atoms with Gasteiger partial charge in [-0.05, 0) is 63.0 Å². The Morgan fingerprint density at radius 2 is 0.949 bits per heavy atom. The highest BCUT2D eigenvalue weighted by atomic mass is 35.5. The molecule has 0 saturated heterocycles. The van der Waals surface area contributed by atoms with Gasteiger partial charge in [0.2, 0.25) is 0 Å². The van der Waals surface area contributed by atoms with Gasteiger partial charge in [0.25, 0.3) is 0 Å². The van der Waals surface area contributed by atoms with Gasteiger partial charge < -0.3 is 0 Å². The lowest BCUT2D eigenvalue weighted by Crippen LogP contribution is -2.01. The molecule has 0 aliphatic rings. The van der Waals surface area contributed by atoms with Crippen molar-refractivity contribution in [3.63, 3.8) is 0 Å². The second-order valence-corrected chi connectivity index (χ2v) is 9.88. The minimum absolute atomic E-state index is 0.604. The second kappa shape index (κ2) is 9.79. The van der Waals surface area contributed by atoms with Crippen LogP contribution < -0.4 is 0 Å². The van der Waals surface area contributed by atoms with Crippen LogP contribution in [0.3, 0.4) is 0 Å². The van der Waals surface area contributed by atoms with Gasteiger partial charge in [0.05, 0.1) is 0 Å². The molecule has 0 amide bonds. The van der Waals surface area contributed by atoms with Crippen molar-refractivity contribution in [3.05, 3.63) is 138 Å². The van der Waals surface area contributed by atoms with E-state index in [-0.39, 0.29) is 0 Å². The third-order valence-corrected chi connectivity index (χ3v) is 7.25. The van der Waals surface area contributed by atoms with E-state index in [2.05, 4.69) is 78.9 Å². The predicted octanol–water partition coefficient (Wildman–Crippen LogP) is 9.50. The predicted molar refractivity (Wildman–Crippen MR) is 162 cm³/mol. The summed E-state index contributed by atoms with van der Waals surface area (Å²) in [6, 6.07) is 45.4. The van der Waals surface area contributed by atoms with Gasteiger partial charge in [0.15, 0.2) is 17.5 Å². The molecule has 1 heterocycles. The van der Waals surface area contributed by atoms with Crippen molar-refractivity contribution >= 4 is 33.1 Å². The Morgan fingerprint density at radius 3 is 1.74 bits per heavy atom. The number of aromatic nitrogens is 3. The lowest BCUT2D eigenvalue weighted by molar-refractivity contribution is 1.07. The maximum Gasteiger partial charge on any atom is 0.164 e. The van der Waals surface area contributed by atoms with Crippen LogP contribution in [0.1, 0.15) is 0 Å². The van der Waals surface area contributed by atoms with E-state index < -0.39 is 0 Å². The van der Waals surface area contributed by atoms with Crippen LogP contribution >= 0.6 is 11.6 Å². The number of halogens is 1. The van der Waals surface area contributed by atoms with E-state index in [1.54, 1.807) is 0 Å². The molecule has 0 bridgehead atoms. The second-order valence-electron chi connectivity index (χ2n) is 9.45. The van der Waals surface area contributed by atoms with Gasteiger partial charge in [-0.15, -0.1) is 0 Å². The van der Waals surface area contributed by atoms with Crippen LogP contribution in [-0.4, -0.2) is 15.0 Å². The van der Waals surface area contributed by atoms with Crippen LogP contribution in [0.2, 0.25) is 5.02 Å². The van der Waals surface area contributed by atoms with Crippen LogP contribution in [0.15, 0.2) is 133 Å². The van der Waals surface area contributed by atoms with Crippen molar-refractivity contribution in [3.8, 4) is 45.3 Å². The highest BCUT2D eigenvalue weighted by molar-refractivity contribution is 6.30. The monoisotopic (exact) mass is 519 g/mol. The maximum absolute atomic E-state index is 6.19. The Bertz CT molecular complexity index is 1970. The van der Waals surface area contributed by atoms with E-state index in [9.17, 15) is 0 Å². The Labute approximate surface area is 231 Å². The first-order valence-electron chi connectivity index (χ1n) is 12.8. The van der Waals surface area contributed by atoms with Gasteiger partial charge in [-0.25, -0.2) is 15.0 Å². The van der Waals surface area contributed by atoms with E-state index in [4.69, 9.17) is 26.6 Å². The minimum atomic E-state index is 0.604. The smallest absolute Gasteiger partial charge is 0.164 e. The SMILES string of the molecule is Clc1ccc(-c2nc(-c3ccc4ccc5ccccc5c4c3)nc(-c3ccccc3-c3ccccc3)n2)cc1. The third kappa shape index (κ3) is 4.43. The minimum Gasteiger partial charge on any atom is -0.208 e. The fourth-order valence-electron chi connectivity index (χ4n) is 5.04. The zero-order valence-electron chi connectivity index (χ0n) is 20.9. The van der Waals surface area contributed by atoms with Crippen LogP contribution in [0.5, 0.6) is 0 Å². The summed E-state index contributed by atoms with van der Waals surface area (Å²) in [5.74, 6) is 1.86. The van der Waals surface area contributed by atoms with Crippen molar-refractivity contribution < 1.29 is 0 Å². The molecule has 0 fully saturated rings. The molecule has 7 aromatic rings. The molecule has 0 N–H and O–H groups in total. The highest BCUT2D eigenvalue weighted by Crippen LogP contribution is 2.34. The van der Waals surface area contributed by atoms with E-state index in [1.165, 1.54) is 21.5 Å². The van der Waals surface area contributed by atoms with E-state index in [1.807, 2.05) is 54.6 Å². The van der Waals surface area contributed by atoms with Gasteiger partial charge in [-0.1, -0.05) is 115 Å². The van der Waals surface area contributed by atoms with E-state index >= 15 is 0 Å². The summed E-state index contributed by atoms with van der Waals surface area (Å²) in [5, 5.41) is 5.43. The molecule has 0 radical (unpaired) electrons. The fraction of sp³-hybridized carbons (Fsp3) is 0. The molecule has 7 rings (SSSR count). The maximum atomic E-state index is 6.19. The number of fused-ring (bicyclic) bond motifs is 3. The molecule has 6 aromatic carbocycles. The fourth-order valence-corrected chi connectivity index (χ4v) is 5.17. The summed E-state index contributed by atoms with van der Waals surface area (Å²) in [6.07, 6.45) is 0. The normalized spacial score (nSPS) is 11.2. The number of benzene rings is 6. The van der Waals surface area contributed by atoms with Gasteiger partial charge in [0.1, 0.15) is 0 Å². The van der Waals surface area contributed by atoms with Crippen molar-refractivity contribution in [2.45, 2.75) is 0 Å². The Hall–Kier alpha value is -4.86. The molecule has 0 unspecified atom stereocenters. The molecule has 0 atom stereocenters. The molecule has 39 heavy (non-hydrogen) atoms. The molecule has 0 aliphatic carbocycles. The average molecular weight is 520 g/mol. The zero-order valence-corrected chi connectivity index (χ0v) is 21.7. The number of hydrogen-bond acceptors (Lipinski definition) is 3. The summed E-state index contributed by atoms with van der Waals surface area (Å²) < 4.78 is 0. The van der Waals surface area contributed by atoms with Gasteiger partial charge in [-0.2, -0.15) is 0 Å². The van der Waals surface area contributed by atoms with Crippen molar-refractivity contribution in [2.24, 2.45) is 0 Å². The quantitative estimate of drug-likeness (QED) is 0.217. The average Bonchev–Trinajstić information content (AvgIpc) is 3.01. The van der Waals surface area contributed by atoms with Gasteiger partial charge in [-0.3, -0.25) is 0 Å². The largest absolute Gasteiger partial charge is 0.208 e. The number of rotatable bonds is 4. The van der Waals surface area contributed by atoms with Crippen LogP contribution in [-0.2, 0) is 0 Å². The lowest BCUT2D eigenvalue weighted by Gasteiger charge is -2.12. The van der Waals surface area contributed by atoms with Crippen molar-refractivity contribution in [2.75, 3.05) is 0 Å². The van der Waals surface area contributed by atoms with E-state index in [0.717, 1.165) is 27.8 Å². The molecule has 3 nitrogen and oxygen atoms in total. The van der Waals surface area contributed by atoms with Crippen LogP contribution in [0, 0.1) is 0 Å². The Balaban J connectivity index is 1.47. The Morgan fingerprint density at radius 1 is 0.385 bits per heavy atom. The molecule has 184 valence electrons. The molecular weight excluding hydrogens is 498 g/mol. The summed E-state index contributed by atoms with van der Waals surface area (Å²) in [4.78, 5) is 15.0. The summed E-state index contributed by atoms with van der Waals surface area (Å²) >= 11 is 6.19. The molecule has 4 heteroatoms. The lowest BCUT2D eigenvalue weighted by atomic mass is 9.98.